The third-order valence-corrected chi connectivity index (χ3v) is 3.78. The zero-order valence-electron chi connectivity index (χ0n) is 12.4. The summed E-state index contributed by atoms with van der Waals surface area (Å²) in [6.07, 6.45) is 2.24. The molecule has 2 nitrogen and oxygen atoms in total. The largest absolute Gasteiger partial charge is 0.326 e. The van der Waals surface area contributed by atoms with Gasteiger partial charge in [-0.3, -0.25) is 4.79 Å². The molecular weight excluding hydrogens is 282 g/mol. The first-order chi connectivity index (χ1) is 10.1. The first kappa shape index (κ1) is 15.6. The number of anilines is 1. The molecule has 0 atom stereocenters. The second-order valence-electron chi connectivity index (χ2n) is 5.30. The lowest BCUT2D eigenvalue weighted by atomic mass is 10.1. The number of halogens is 1. The van der Waals surface area contributed by atoms with Crippen LogP contribution < -0.4 is 5.32 Å². The topological polar surface area (TPSA) is 29.1 Å². The maximum Gasteiger partial charge on any atom is 0.224 e. The molecule has 0 aliphatic carbocycles. The van der Waals surface area contributed by atoms with Gasteiger partial charge in [0.1, 0.15) is 0 Å². The highest BCUT2D eigenvalue weighted by molar-refractivity contribution is 6.30. The van der Waals surface area contributed by atoms with Crippen molar-refractivity contribution in [3.8, 4) is 0 Å². The van der Waals surface area contributed by atoms with Crippen molar-refractivity contribution < 1.29 is 4.79 Å². The molecule has 0 unspecified atom stereocenters. The summed E-state index contributed by atoms with van der Waals surface area (Å²) in [7, 11) is 0. The lowest BCUT2D eigenvalue weighted by molar-refractivity contribution is -0.116. The first-order valence-corrected chi connectivity index (χ1v) is 7.54. The van der Waals surface area contributed by atoms with Crippen LogP contribution in [0.5, 0.6) is 0 Å². The van der Waals surface area contributed by atoms with Crippen LogP contribution in [0.2, 0.25) is 5.02 Å². The summed E-state index contributed by atoms with van der Waals surface area (Å²) < 4.78 is 0. The smallest absolute Gasteiger partial charge is 0.224 e. The van der Waals surface area contributed by atoms with Gasteiger partial charge >= 0.3 is 0 Å². The SMILES string of the molecule is Cc1cccc(C)c1NC(=O)CCCc1ccc(Cl)cc1. The van der Waals surface area contributed by atoms with Crippen LogP contribution in [0, 0.1) is 13.8 Å². The summed E-state index contributed by atoms with van der Waals surface area (Å²) in [6, 6.07) is 13.8. The van der Waals surface area contributed by atoms with Crippen molar-refractivity contribution in [2.45, 2.75) is 33.1 Å². The second-order valence-corrected chi connectivity index (χ2v) is 5.73. The van der Waals surface area contributed by atoms with Gasteiger partial charge in [0.05, 0.1) is 0 Å². The quantitative estimate of drug-likeness (QED) is 0.834. The number of hydrogen-bond acceptors (Lipinski definition) is 1. The van der Waals surface area contributed by atoms with Crippen LogP contribution in [0.25, 0.3) is 0 Å². The zero-order valence-corrected chi connectivity index (χ0v) is 13.2. The lowest BCUT2D eigenvalue weighted by Gasteiger charge is -2.11. The Balaban J connectivity index is 1.84. The Hall–Kier alpha value is -1.80. The monoisotopic (exact) mass is 301 g/mol. The fraction of sp³-hybridized carbons (Fsp3) is 0.278. The molecule has 1 amide bonds. The summed E-state index contributed by atoms with van der Waals surface area (Å²) in [4.78, 5) is 12.0. The number of carbonyl (C=O) groups is 1. The van der Waals surface area contributed by atoms with Crippen LogP contribution in [0.3, 0.4) is 0 Å². The second kappa shape index (κ2) is 7.28. The van der Waals surface area contributed by atoms with E-state index in [-0.39, 0.29) is 5.91 Å². The first-order valence-electron chi connectivity index (χ1n) is 7.17. The molecule has 0 heterocycles. The molecule has 0 aliphatic heterocycles. The van der Waals surface area contributed by atoms with E-state index in [1.165, 1.54) is 5.56 Å². The van der Waals surface area contributed by atoms with Gasteiger partial charge in [-0.15, -0.1) is 0 Å². The normalized spacial score (nSPS) is 10.4. The predicted molar refractivity (Wildman–Crippen MR) is 88.9 cm³/mol. The van der Waals surface area contributed by atoms with E-state index in [0.717, 1.165) is 34.7 Å². The van der Waals surface area contributed by atoms with Crippen molar-refractivity contribution in [1.82, 2.24) is 0 Å². The van der Waals surface area contributed by atoms with Crippen LogP contribution in [0.15, 0.2) is 42.5 Å². The van der Waals surface area contributed by atoms with Crippen LogP contribution in [0.4, 0.5) is 5.69 Å². The van der Waals surface area contributed by atoms with Crippen molar-refractivity contribution in [2.75, 3.05) is 5.32 Å². The van der Waals surface area contributed by atoms with Gasteiger partial charge in [-0.25, -0.2) is 0 Å². The average molecular weight is 302 g/mol. The molecule has 110 valence electrons. The Morgan fingerprint density at radius 3 is 2.29 bits per heavy atom. The minimum atomic E-state index is 0.0707. The molecule has 2 aromatic carbocycles. The van der Waals surface area contributed by atoms with Crippen molar-refractivity contribution in [3.05, 3.63) is 64.2 Å². The van der Waals surface area contributed by atoms with E-state index in [4.69, 9.17) is 11.6 Å². The molecule has 0 aromatic heterocycles. The van der Waals surface area contributed by atoms with Crippen molar-refractivity contribution in [1.29, 1.82) is 0 Å². The van der Waals surface area contributed by atoms with Gasteiger partial charge in [0.2, 0.25) is 5.91 Å². The number of rotatable bonds is 5. The number of hydrogen-bond donors (Lipinski definition) is 1. The number of amides is 1. The maximum absolute atomic E-state index is 12.0. The summed E-state index contributed by atoms with van der Waals surface area (Å²) >= 11 is 5.85. The molecule has 0 saturated heterocycles. The van der Waals surface area contributed by atoms with Crippen molar-refractivity contribution in [3.63, 3.8) is 0 Å². The Kier molecular flexibility index (Phi) is 5.40. The van der Waals surface area contributed by atoms with E-state index in [1.54, 1.807) is 0 Å². The predicted octanol–water partition coefficient (Wildman–Crippen LogP) is 4.92. The molecule has 0 bridgehead atoms. The van der Waals surface area contributed by atoms with Gasteiger partial charge in [-0.2, -0.15) is 0 Å². The molecule has 2 rings (SSSR count). The minimum absolute atomic E-state index is 0.0707. The van der Waals surface area contributed by atoms with Crippen molar-refractivity contribution >= 4 is 23.2 Å². The van der Waals surface area contributed by atoms with Crippen LogP contribution in [-0.2, 0) is 11.2 Å². The third kappa shape index (κ3) is 4.61. The summed E-state index contributed by atoms with van der Waals surface area (Å²) in [6.45, 7) is 4.02. The highest BCUT2D eigenvalue weighted by Gasteiger charge is 2.07. The van der Waals surface area contributed by atoms with Gasteiger partial charge in [0, 0.05) is 17.1 Å². The van der Waals surface area contributed by atoms with Gasteiger partial charge in [0.25, 0.3) is 0 Å². The molecule has 3 heteroatoms. The van der Waals surface area contributed by atoms with E-state index in [2.05, 4.69) is 5.32 Å². The molecule has 1 N–H and O–H groups in total. The molecular formula is C18H20ClNO. The van der Waals surface area contributed by atoms with Crippen LogP contribution >= 0.6 is 11.6 Å². The van der Waals surface area contributed by atoms with Crippen LogP contribution in [-0.4, -0.2) is 5.91 Å². The van der Waals surface area contributed by atoms with Gasteiger partial charge < -0.3 is 5.32 Å². The molecule has 0 radical (unpaired) electrons. The van der Waals surface area contributed by atoms with Gasteiger partial charge in [0.15, 0.2) is 0 Å². The fourth-order valence-corrected chi connectivity index (χ4v) is 2.44. The summed E-state index contributed by atoms with van der Waals surface area (Å²) in [5.74, 6) is 0.0707. The van der Waals surface area contributed by atoms with Crippen LogP contribution in [0.1, 0.15) is 29.5 Å². The number of benzene rings is 2. The molecule has 2 aromatic rings. The molecule has 0 saturated carbocycles. The lowest BCUT2D eigenvalue weighted by Crippen LogP contribution is -2.13. The Labute approximate surface area is 131 Å². The molecule has 0 fully saturated rings. The molecule has 0 spiro atoms. The Morgan fingerprint density at radius 2 is 1.67 bits per heavy atom. The standard InChI is InChI=1S/C18H20ClNO/c1-13-5-3-6-14(2)18(13)20-17(21)8-4-7-15-9-11-16(19)12-10-15/h3,5-6,9-12H,4,7-8H2,1-2H3,(H,20,21). The molecule has 0 aliphatic rings. The van der Waals surface area contributed by atoms with E-state index in [0.29, 0.717) is 6.42 Å². The maximum atomic E-state index is 12.0. The Bertz CT molecular complexity index is 599. The fourth-order valence-electron chi connectivity index (χ4n) is 2.32. The van der Waals surface area contributed by atoms with E-state index in [9.17, 15) is 4.79 Å². The van der Waals surface area contributed by atoms with Gasteiger partial charge in [-0.1, -0.05) is 41.9 Å². The van der Waals surface area contributed by atoms with E-state index in [1.807, 2.05) is 56.3 Å². The number of nitrogens with one attached hydrogen (secondary N) is 1. The zero-order chi connectivity index (χ0) is 15.2. The highest BCUT2D eigenvalue weighted by atomic mass is 35.5. The number of aryl methyl sites for hydroxylation is 3. The average Bonchev–Trinajstić information content (AvgIpc) is 2.45. The summed E-state index contributed by atoms with van der Waals surface area (Å²) in [5.41, 5.74) is 4.34. The highest BCUT2D eigenvalue weighted by Crippen LogP contribution is 2.20. The number of para-hydroxylation sites is 1. The van der Waals surface area contributed by atoms with E-state index < -0.39 is 0 Å². The minimum Gasteiger partial charge on any atom is -0.326 e. The van der Waals surface area contributed by atoms with Crippen molar-refractivity contribution in [2.24, 2.45) is 0 Å². The van der Waals surface area contributed by atoms with E-state index >= 15 is 0 Å². The molecule has 21 heavy (non-hydrogen) atoms. The Morgan fingerprint density at radius 1 is 1.05 bits per heavy atom. The van der Waals surface area contributed by atoms with Gasteiger partial charge in [-0.05, 0) is 55.5 Å². The third-order valence-electron chi connectivity index (χ3n) is 3.53. The summed E-state index contributed by atoms with van der Waals surface area (Å²) in [5, 5.41) is 3.76. The number of carbonyl (C=O) groups excluding carboxylic acids is 1.